The van der Waals surface area contributed by atoms with Gasteiger partial charge in [0.25, 0.3) is 0 Å². The Labute approximate surface area is 84.3 Å². The molecule has 1 aliphatic heterocycles. The zero-order valence-corrected chi connectivity index (χ0v) is 8.85. The average molecular weight is 189 g/mol. The number of hydrogen-bond donors (Lipinski definition) is 1. The van der Waals surface area contributed by atoms with Crippen molar-refractivity contribution in [1.82, 2.24) is 0 Å². The minimum Gasteiger partial charge on any atom is -0.325 e. The van der Waals surface area contributed by atoms with E-state index < -0.39 is 0 Å². The van der Waals surface area contributed by atoms with Crippen molar-refractivity contribution in [3.05, 3.63) is 29.3 Å². The van der Waals surface area contributed by atoms with Gasteiger partial charge in [-0.25, -0.2) is 0 Å². The molecule has 0 saturated carbocycles. The number of anilines is 1. The highest BCUT2D eigenvalue weighted by Crippen LogP contribution is 2.40. The Hall–Kier alpha value is -1.31. The molecule has 1 amide bonds. The number of amides is 1. The van der Waals surface area contributed by atoms with Crippen molar-refractivity contribution >= 4 is 11.6 Å². The summed E-state index contributed by atoms with van der Waals surface area (Å²) in [4.78, 5) is 11.8. The SMILES string of the molecule is CCC1(C)C(=O)Nc2cc(C)ccc21. The van der Waals surface area contributed by atoms with Crippen LogP contribution in [0.15, 0.2) is 18.2 Å². The van der Waals surface area contributed by atoms with Crippen molar-refractivity contribution in [3.8, 4) is 0 Å². The highest BCUT2D eigenvalue weighted by molar-refractivity contribution is 6.05. The Kier molecular flexibility index (Phi) is 1.88. The van der Waals surface area contributed by atoms with E-state index >= 15 is 0 Å². The van der Waals surface area contributed by atoms with Gasteiger partial charge >= 0.3 is 0 Å². The predicted octanol–water partition coefficient (Wildman–Crippen LogP) is 2.61. The molecule has 0 aromatic heterocycles. The number of aryl methyl sites for hydroxylation is 1. The van der Waals surface area contributed by atoms with E-state index in [1.807, 2.05) is 19.9 Å². The number of fused-ring (bicyclic) bond motifs is 1. The zero-order valence-electron chi connectivity index (χ0n) is 8.85. The summed E-state index contributed by atoms with van der Waals surface area (Å²) >= 11 is 0. The molecule has 0 fully saturated rings. The third-order valence-electron chi connectivity index (χ3n) is 3.23. The standard InChI is InChI=1S/C12H15NO/c1-4-12(3)9-6-5-8(2)7-10(9)13-11(12)14/h5-7H,4H2,1-3H3,(H,13,14). The first-order valence-electron chi connectivity index (χ1n) is 5.00. The molecule has 0 aliphatic carbocycles. The van der Waals surface area contributed by atoms with Gasteiger partial charge in [-0.1, -0.05) is 19.1 Å². The summed E-state index contributed by atoms with van der Waals surface area (Å²) in [7, 11) is 0. The molecule has 74 valence electrons. The first-order chi connectivity index (χ1) is 6.58. The fourth-order valence-corrected chi connectivity index (χ4v) is 1.98. The third kappa shape index (κ3) is 1.07. The van der Waals surface area contributed by atoms with Crippen LogP contribution in [0.1, 0.15) is 31.4 Å². The molecule has 0 saturated heterocycles. The van der Waals surface area contributed by atoms with Crippen LogP contribution in [0.5, 0.6) is 0 Å². The number of nitrogens with one attached hydrogen (secondary N) is 1. The van der Waals surface area contributed by atoms with Crippen LogP contribution < -0.4 is 5.32 Å². The molecule has 1 aliphatic rings. The van der Waals surface area contributed by atoms with Gasteiger partial charge < -0.3 is 5.32 Å². The Morgan fingerprint density at radius 2 is 2.14 bits per heavy atom. The molecule has 1 N–H and O–H groups in total. The first kappa shape index (κ1) is 9.25. The summed E-state index contributed by atoms with van der Waals surface area (Å²) in [6.45, 7) is 6.09. The van der Waals surface area contributed by atoms with E-state index in [1.54, 1.807) is 0 Å². The molecule has 1 unspecified atom stereocenters. The van der Waals surface area contributed by atoms with E-state index in [0.29, 0.717) is 0 Å². The highest BCUT2D eigenvalue weighted by Gasteiger charge is 2.40. The molecule has 2 heteroatoms. The van der Waals surface area contributed by atoms with E-state index in [9.17, 15) is 4.79 Å². The van der Waals surface area contributed by atoms with Gasteiger partial charge in [0.15, 0.2) is 0 Å². The summed E-state index contributed by atoms with van der Waals surface area (Å²) in [5.74, 6) is 0.126. The van der Waals surface area contributed by atoms with Crippen molar-refractivity contribution in [2.24, 2.45) is 0 Å². The van der Waals surface area contributed by atoms with Crippen molar-refractivity contribution in [2.75, 3.05) is 5.32 Å². The lowest BCUT2D eigenvalue weighted by Crippen LogP contribution is -2.29. The maximum Gasteiger partial charge on any atom is 0.234 e. The summed E-state index contributed by atoms with van der Waals surface area (Å²) < 4.78 is 0. The maximum absolute atomic E-state index is 11.8. The molecule has 0 spiro atoms. The second kappa shape index (κ2) is 2.84. The zero-order chi connectivity index (χ0) is 10.3. The van der Waals surface area contributed by atoms with Crippen LogP contribution in [0, 0.1) is 6.92 Å². The largest absolute Gasteiger partial charge is 0.325 e. The predicted molar refractivity (Wildman–Crippen MR) is 57.5 cm³/mol. The highest BCUT2D eigenvalue weighted by atomic mass is 16.2. The third-order valence-corrected chi connectivity index (χ3v) is 3.23. The smallest absolute Gasteiger partial charge is 0.234 e. The van der Waals surface area contributed by atoms with Crippen LogP contribution >= 0.6 is 0 Å². The normalized spacial score (nSPS) is 24.6. The average Bonchev–Trinajstić information content (AvgIpc) is 2.39. The van der Waals surface area contributed by atoms with Crippen molar-refractivity contribution in [2.45, 2.75) is 32.6 Å². The monoisotopic (exact) mass is 189 g/mol. The molecule has 1 aromatic rings. The second-order valence-corrected chi connectivity index (χ2v) is 4.19. The molecule has 1 heterocycles. The van der Waals surface area contributed by atoms with Crippen molar-refractivity contribution in [1.29, 1.82) is 0 Å². The quantitative estimate of drug-likeness (QED) is 0.723. The van der Waals surface area contributed by atoms with Gasteiger partial charge in [0.05, 0.1) is 5.41 Å². The molecule has 2 rings (SSSR count). The Balaban J connectivity index is 2.59. The minimum absolute atomic E-state index is 0.126. The minimum atomic E-state index is -0.330. The summed E-state index contributed by atoms with van der Waals surface area (Å²) in [6.07, 6.45) is 0.842. The van der Waals surface area contributed by atoms with E-state index in [2.05, 4.69) is 24.4 Å². The fraction of sp³-hybridized carbons (Fsp3) is 0.417. The van der Waals surface area contributed by atoms with Gasteiger partial charge in [0.1, 0.15) is 0 Å². The Morgan fingerprint density at radius 1 is 1.43 bits per heavy atom. The second-order valence-electron chi connectivity index (χ2n) is 4.19. The van der Waals surface area contributed by atoms with E-state index in [-0.39, 0.29) is 11.3 Å². The summed E-state index contributed by atoms with van der Waals surface area (Å²) in [5.41, 5.74) is 2.97. The van der Waals surface area contributed by atoms with Crippen molar-refractivity contribution in [3.63, 3.8) is 0 Å². The molecular weight excluding hydrogens is 174 g/mol. The van der Waals surface area contributed by atoms with Crippen LogP contribution in [-0.2, 0) is 10.2 Å². The van der Waals surface area contributed by atoms with Crippen LogP contribution in [0.4, 0.5) is 5.69 Å². The van der Waals surface area contributed by atoms with Gasteiger partial charge in [-0.2, -0.15) is 0 Å². The molecule has 0 bridgehead atoms. The maximum atomic E-state index is 11.8. The lowest BCUT2D eigenvalue weighted by molar-refractivity contribution is -0.120. The van der Waals surface area contributed by atoms with Gasteiger partial charge in [-0.15, -0.1) is 0 Å². The lowest BCUT2D eigenvalue weighted by Gasteiger charge is -2.19. The molecule has 2 nitrogen and oxygen atoms in total. The number of benzene rings is 1. The number of carbonyl (C=O) groups is 1. The number of carbonyl (C=O) groups excluding carboxylic acids is 1. The topological polar surface area (TPSA) is 29.1 Å². The van der Waals surface area contributed by atoms with Gasteiger partial charge in [0.2, 0.25) is 5.91 Å². The number of rotatable bonds is 1. The Bertz CT molecular complexity index is 397. The summed E-state index contributed by atoms with van der Waals surface area (Å²) in [5, 5.41) is 2.94. The van der Waals surface area contributed by atoms with Crippen molar-refractivity contribution < 1.29 is 4.79 Å². The van der Waals surface area contributed by atoms with Crippen LogP contribution in [0.2, 0.25) is 0 Å². The molecule has 14 heavy (non-hydrogen) atoms. The fourth-order valence-electron chi connectivity index (χ4n) is 1.98. The van der Waals surface area contributed by atoms with Crippen LogP contribution in [0.3, 0.4) is 0 Å². The number of hydrogen-bond acceptors (Lipinski definition) is 1. The van der Waals surface area contributed by atoms with Crippen LogP contribution in [0.25, 0.3) is 0 Å². The Morgan fingerprint density at radius 3 is 2.79 bits per heavy atom. The van der Waals surface area contributed by atoms with E-state index in [4.69, 9.17) is 0 Å². The van der Waals surface area contributed by atoms with Crippen LogP contribution in [-0.4, -0.2) is 5.91 Å². The first-order valence-corrected chi connectivity index (χ1v) is 5.00. The molecule has 1 aromatic carbocycles. The van der Waals surface area contributed by atoms with E-state index in [0.717, 1.165) is 17.7 Å². The van der Waals surface area contributed by atoms with E-state index in [1.165, 1.54) is 5.56 Å². The molecular formula is C12H15NO. The van der Waals surface area contributed by atoms with Gasteiger partial charge in [-0.05, 0) is 37.5 Å². The summed E-state index contributed by atoms with van der Waals surface area (Å²) in [6, 6.07) is 6.16. The molecule has 0 radical (unpaired) electrons. The van der Waals surface area contributed by atoms with Gasteiger partial charge in [-0.3, -0.25) is 4.79 Å². The van der Waals surface area contributed by atoms with Gasteiger partial charge in [0, 0.05) is 5.69 Å². The lowest BCUT2D eigenvalue weighted by atomic mass is 9.81. The molecule has 1 atom stereocenters.